The topological polar surface area (TPSA) is 20.3 Å². The first-order valence-electron chi connectivity index (χ1n) is 6.90. The van der Waals surface area contributed by atoms with Gasteiger partial charge in [-0.05, 0) is 30.9 Å². The molecule has 1 saturated carbocycles. The summed E-state index contributed by atoms with van der Waals surface area (Å²) in [6.45, 7) is 5.97. The molecule has 19 heavy (non-hydrogen) atoms. The third-order valence-corrected chi connectivity index (χ3v) is 3.47. The normalized spacial score (nSPS) is 19.8. The minimum atomic E-state index is -3.34. The van der Waals surface area contributed by atoms with Gasteiger partial charge in [0.25, 0.3) is 0 Å². The van der Waals surface area contributed by atoms with Gasteiger partial charge in [-0.2, -0.15) is 8.78 Å². The average molecular weight is 267 g/mol. The fourth-order valence-electron chi connectivity index (χ4n) is 2.33. The molecule has 4 heteroatoms. The van der Waals surface area contributed by atoms with Crippen molar-refractivity contribution < 1.29 is 13.6 Å². The summed E-state index contributed by atoms with van der Waals surface area (Å²) < 4.78 is 27.6. The molecule has 2 nitrogen and oxygen atoms in total. The van der Waals surface area contributed by atoms with E-state index in [-0.39, 0.29) is 11.6 Å². The summed E-state index contributed by atoms with van der Waals surface area (Å²) in [5.41, 5.74) is 1.27. The summed E-state index contributed by atoms with van der Waals surface area (Å²) in [5.74, 6) is -4.40. The molecule has 1 aliphatic heterocycles. The van der Waals surface area contributed by atoms with E-state index in [1.54, 1.807) is 12.1 Å². The second-order valence-corrected chi connectivity index (χ2v) is 4.69. The molecule has 0 saturated heterocycles. The highest BCUT2D eigenvalue weighted by molar-refractivity contribution is 6.06. The highest BCUT2D eigenvalue weighted by atomic mass is 19.3. The van der Waals surface area contributed by atoms with Crippen LogP contribution >= 0.6 is 0 Å². The Kier molecular flexibility index (Phi) is 3.61. The molecule has 2 aliphatic rings. The lowest BCUT2D eigenvalue weighted by Gasteiger charge is -2.16. The number of hydrogen-bond acceptors (Lipinski definition) is 1. The molecule has 0 bridgehead atoms. The van der Waals surface area contributed by atoms with Crippen LogP contribution in [0.15, 0.2) is 18.2 Å². The van der Waals surface area contributed by atoms with E-state index in [2.05, 4.69) is 0 Å². The highest BCUT2D eigenvalue weighted by Gasteiger charge is 2.56. The van der Waals surface area contributed by atoms with Crippen molar-refractivity contribution in [3.8, 4) is 0 Å². The van der Waals surface area contributed by atoms with Gasteiger partial charge in [0.15, 0.2) is 0 Å². The smallest absolute Gasteiger partial charge is 0.303 e. The van der Waals surface area contributed by atoms with Crippen molar-refractivity contribution in [1.29, 1.82) is 0 Å². The predicted octanol–water partition coefficient (Wildman–Crippen LogP) is 3.88. The second-order valence-electron chi connectivity index (χ2n) is 4.69. The standard InChI is InChI=1S/C13H13F2NO.C2H6/c1-2-8-3-6-10-11(7-8)16(9-4-5-9)12(17)13(10,14)15;1-2/h3,6-7,9H,2,4-5H2,1H3;1-2H3. The number of halogens is 2. The van der Waals surface area contributed by atoms with Crippen LogP contribution in [0.5, 0.6) is 0 Å². The largest absolute Gasteiger partial charge is 0.352 e. The number of rotatable bonds is 2. The number of hydrogen-bond donors (Lipinski definition) is 0. The second kappa shape index (κ2) is 4.91. The quantitative estimate of drug-likeness (QED) is 0.796. The molecule has 0 aromatic heterocycles. The minimum absolute atomic E-state index is 0.0123. The van der Waals surface area contributed by atoms with Crippen molar-refractivity contribution in [2.24, 2.45) is 0 Å². The maximum absolute atomic E-state index is 13.8. The Balaban J connectivity index is 0.000000637. The molecule has 1 heterocycles. The van der Waals surface area contributed by atoms with E-state index in [1.807, 2.05) is 20.8 Å². The molecule has 1 aromatic rings. The first-order valence-corrected chi connectivity index (χ1v) is 6.90. The maximum atomic E-state index is 13.8. The molecule has 0 atom stereocenters. The molecule has 0 radical (unpaired) electrons. The number of nitrogens with zero attached hydrogens (tertiary/aromatic N) is 1. The van der Waals surface area contributed by atoms with Gasteiger partial charge in [-0.15, -0.1) is 0 Å². The van der Waals surface area contributed by atoms with Crippen LogP contribution in [-0.4, -0.2) is 11.9 Å². The Morgan fingerprint density at radius 3 is 2.47 bits per heavy atom. The number of anilines is 1. The zero-order chi connectivity index (χ0) is 14.2. The Labute approximate surface area is 112 Å². The Bertz CT molecular complexity index is 495. The molecule has 3 rings (SSSR count). The third-order valence-electron chi connectivity index (χ3n) is 3.47. The van der Waals surface area contributed by atoms with E-state index < -0.39 is 11.8 Å². The molecule has 0 unspecified atom stereocenters. The highest BCUT2D eigenvalue weighted by Crippen LogP contribution is 2.48. The number of carbonyl (C=O) groups is 1. The number of amides is 1. The van der Waals surface area contributed by atoms with E-state index in [4.69, 9.17) is 0 Å². The summed E-state index contributed by atoms with van der Waals surface area (Å²) in [7, 11) is 0. The lowest BCUT2D eigenvalue weighted by molar-refractivity contribution is -0.141. The minimum Gasteiger partial charge on any atom is -0.303 e. The third kappa shape index (κ3) is 2.13. The Hall–Kier alpha value is -1.45. The lowest BCUT2D eigenvalue weighted by atomic mass is 10.1. The zero-order valence-electron chi connectivity index (χ0n) is 11.5. The lowest BCUT2D eigenvalue weighted by Crippen LogP contribution is -2.36. The van der Waals surface area contributed by atoms with Crippen molar-refractivity contribution in [2.75, 3.05) is 4.90 Å². The van der Waals surface area contributed by atoms with Crippen molar-refractivity contribution in [2.45, 2.75) is 52.0 Å². The van der Waals surface area contributed by atoms with Crippen molar-refractivity contribution >= 4 is 11.6 Å². The van der Waals surface area contributed by atoms with E-state index in [0.717, 1.165) is 24.8 Å². The SMILES string of the molecule is CC.CCc1ccc2c(c1)N(C1CC1)C(=O)C2(F)F. The molecule has 104 valence electrons. The van der Waals surface area contributed by atoms with Crippen LogP contribution in [0.1, 0.15) is 44.7 Å². The monoisotopic (exact) mass is 267 g/mol. The number of benzene rings is 1. The molecular formula is C15H19F2NO. The van der Waals surface area contributed by atoms with Gasteiger partial charge in [0.2, 0.25) is 0 Å². The first-order chi connectivity index (χ1) is 9.05. The number of aryl methyl sites for hydroxylation is 1. The van der Waals surface area contributed by atoms with Crippen molar-refractivity contribution in [3.05, 3.63) is 29.3 Å². The van der Waals surface area contributed by atoms with Crippen LogP contribution in [-0.2, 0) is 17.1 Å². The predicted molar refractivity (Wildman–Crippen MR) is 71.6 cm³/mol. The van der Waals surface area contributed by atoms with Crippen LogP contribution in [0.4, 0.5) is 14.5 Å². The zero-order valence-corrected chi connectivity index (χ0v) is 11.5. The summed E-state index contributed by atoms with van der Waals surface area (Å²) in [4.78, 5) is 13.0. The van der Waals surface area contributed by atoms with E-state index in [0.29, 0.717) is 5.69 Å². The van der Waals surface area contributed by atoms with Gasteiger partial charge in [0.05, 0.1) is 11.3 Å². The fraction of sp³-hybridized carbons (Fsp3) is 0.533. The Morgan fingerprint density at radius 2 is 1.95 bits per heavy atom. The van der Waals surface area contributed by atoms with Crippen molar-refractivity contribution in [3.63, 3.8) is 0 Å². The van der Waals surface area contributed by atoms with Crippen LogP contribution in [0.3, 0.4) is 0 Å². The number of carbonyl (C=O) groups excluding carboxylic acids is 1. The van der Waals surface area contributed by atoms with Crippen LogP contribution in [0.2, 0.25) is 0 Å². The summed E-state index contributed by atoms with van der Waals surface area (Å²) >= 11 is 0. The van der Waals surface area contributed by atoms with E-state index in [1.165, 1.54) is 11.0 Å². The maximum Gasteiger partial charge on any atom is 0.352 e. The van der Waals surface area contributed by atoms with Gasteiger partial charge in [0, 0.05) is 6.04 Å². The first kappa shape index (κ1) is 14.0. The summed E-state index contributed by atoms with van der Waals surface area (Å²) in [6.07, 6.45) is 2.45. The van der Waals surface area contributed by atoms with Crippen LogP contribution in [0, 0.1) is 0 Å². The Morgan fingerprint density at radius 1 is 1.32 bits per heavy atom. The average Bonchev–Trinajstić information content (AvgIpc) is 3.22. The molecule has 0 N–H and O–H groups in total. The van der Waals surface area contributed by atoms with Gasteiger partial charge in [0.1, 0.15) is 0 Å². The fourth-order valence-corrected chi connectivity index (χ4v) is 2.33. The summed E-state index contributed by atoms with van der Waals surface area (Å²) in [5, 5.41) is 0. The van der Waals surface area contributed by atoms with Crippen molar-refractivity contribution in [1.82, 2.24) is 0 Å². The van der Waals surface area contributed by atoms with Gasteiger partial charge >= 0.3 is 11.8 Å². The molecule has 1 fully saturated rings. The molecule has 0 spiro atoms. The van der Waals surface area contributed by atoms with Gasteiger partial charge < -0.3 is 4.90 Å². The van der Waals surface area contributed by atoms with Gasteiger partial charge in [-0.25, -0.2) is 0 Å². The van der Waals surface area contributed by atoms with Crippen LogP contribution < -0.4 is 4.90 Å². The van der Waals surface area contributed by atoms with Gasteiger partial charge in [-0.3, -0.25) is 4.79 Å². The number of fused-ring (bicyclic) bond motifs is 1. The number of alkyl halides is 2. The molecule has 1 amide bonds. The van der Waals surface area contributed by atoms with E-state index in [9.17, 15) is 13.6 Å². The van der Waals surface area contributed by atoms with Crippen LogP contribution in [0.25, 0.3) is 0 Å². The molecule has 1 aromatic carbocycles. The molecular weight excluding hydrogens is 248 g/mol. The molecule has 1 aliphatic carbocycles. The van der Waals surface area contributed by atoms with Gasteiger partial charge in [-0.1, -0.05) is 32.9 Å². The summed E-state index contributed by atoms with van der Waals surface area (Å²) in [6, 6.07) is 4.79. The van der Waals surface area contributed by atoms with E-state index >= 15 is 0 Å².